The van der Waals surface area contributed by atoms with Crippen LogP contribution in [0.3, 0.4) is 0 Å². The van der Waals surface area contributed by atoms with Gasteiger partial charge in [0, 0.05) is 36.9 Å². The number of halogens is 1. The Bertz CT molecular complexity index is 370. The van der Waals surface area contributed by atoms with Gasteiger partial charge in [-0.2, -0.15) is 0 Å². The van der Waals surface area contributed by atoms with Crippen molar-refractivity contribution in [2.45, 2.75) is 39.3 Å². The minimum absolute atomic E-state index is 0.0949. The molecule has 1 fully saturated rings. The van der Waals surface area contributed by atoms with Crippen molar-refractivity contribution in [3.05, 3.63) is 29.6 Å². The van der Waals surface area contributed by atoms with E-state index in [1.807, 2.05) is 12.1 Å². The van der Waals surface area contributed by atoms with Gasteiger partial charge in [-0.3, -0.25) is 0 Å². The summed E-state index contributed by atoms with van der Waals surface area (Å²) in [6.07, 6.45) is 2.43. The van der Waals surface area contributed by atoms with E-state index in [1.165, 1.54) is 12.8 Å². The molecule has 0 aliphatic carbocycles. The number of nitrogens with zero attached hydrogens (tertiary/aromatic N) is 1. The van der Waals surface area contributed by atoms with E-state index in [0.717, 1.165) is 24.3 Å². The lowest BCUT2D eigenvalue weighted by molar-refractivity contribution is 0.552. The highest BCUT2D eigenvalue weighted by Gasteiger charge is 2.17. The van der Waals surface area contributed by atoms with Crippen LogP contribution in [0.5, 0.6) is 0 Å². The van der Waals surface area contributed by atoms with Crippen molar-refractivity contribution in [2.75, 3.05) is 18.0 Å². The molecule has 0 saturated carbocycles. The van der Waals surface area contributed by atoms with E-state index in [1.54, 1.807) is 6.07 Å². The predicted molar refractivity (Wildman–Crippen MR) is 69.8 cm³/mol. The highest BCUT2D eigenvalue weighted by Crippen LogP contribution is 2.26. The molecular formula is C14H21FN2. The molecular weight excluding hydrogens is 215 g/mol. The fourth-order valence-corrected chi connectivity index (χ4v) is 2.28. The molecule has 0 radical (unpaired) electrons. The minimum Gasteiger partial charge on any atom is -0.371 e. The van der Waals surface area contributed by atoms with Gasteiger partial charge in [0.1, 0.15) is 5.82 Å². The van der Waals surface area contributed by atoms with E-state index in [0.29, 0.717) is 12.6 Å². The minimum atomic E-state index is -0.0949. The molecule has 0 aromatic heterocycles. The van der Waals surface area contributed by atoms with Gasteiger partial charge in [0.2, 0.25) is 0 Å². The molecule has 0 unspecified atom stereocenters. The third-order valence-corrected chi connectivity index (χ3v) is 3.23. The van der Waals surface area contributed by atoms with Crippen LogP contribution in [-0.4, -0.2) is 19.1 Å². The SMILES string of the molecule is CC(C)NCc1c(F)cccc1N1CCCC1. The summed E-state index contributed by atoms with van der Waals surface area (Å²) in [5.74, 6) is -0.0949. The van der Waals surface area contributed by atoms with E-state index in [9.17, 15) is 4.39 Å². The quantitative estimate of drug-likeness (QED) is 0.864. The Hall–Kier alpha value is -1.09. The first-order valence-electron chi connectivity index (χ1n) is 6.44. The Morgan fingerprint density at radius 3 is 2.65 bits per heavy atom. The van der Waals surface area contributed by atoms with Gasteiger partial charge in [0.05, 0.1) is 0 Å². The summed E-state index contributed by atoms with van der Waals surface area (Å²) in [6.45, 7) is 6.87. The number of anilines is 1. The normalized spacial score (nSPS) is 15.9. The molecule has 2 nitrogen and oxygen atoms in total. The number of hydrogen-bond acceptors (Lipinski definition) is 2. The maximum Gasteiger partial charge on any atom is 0.129 e. The van der Waals surface area contributed by atoms with Gasteiger partial charge in [0.25, 0.3) is 0 Å². The first kappa shape index (κ1) is 12.4. The smallest absolute Gasteiger partial charge is 0.129 e. The Labute approximate surface area is 103 Å². The topological polar surface area (TPSA) is 15.3 Å². The van der Waals surface area contributed by atoms with Crippen LogP contribution in [0.1, 0.15) is 32.3 Å². The highest BCUT2D eigenvalue weighted by molar-refractivity contribution is 5.54. The van der Waals surface area contributed by atoms with Gasteiger partial charge in [-0.05, 0) is 25.0 Å². The predicted octanol–water partition coefficient (Wildman–Crippen LogP) is 2.92. The van der Waals surface area contributed by atoms with Crippen molar-refractivity contribution < 1.29 is 4.39 Å². The van der Waals surface area contributed by atoms with Gasteiger partial charge >= 0.3 is 0 Å². The van der Waals surface area contributed by atoms with Gasteiger partial charge in [-0.25, -0.2) is 4.39 Å². The second-order valence-corrected chi connectivity index (χ2v) is 4.97. The standard InChI is InChI=1S/C14H21FN2/c1-11(2)16-10-12-13(15)6-5-7-14(12)17-8-3-4-9-17/h5-7,11,16H,3-4,8-10H2,1-2H3. The number of nitrogens with one attached hydrogen (secondary N) is 1. The van der Waals surface area contributed by atoms with E-state index < -0.39 is 0 Å². The Morgan fingerprint density at radius 2 is 2.00 bits per heavy atom. The van der Waals surface area contributed by atoms with Crippen LogP contribution >= 0.6 is 0 Å². The molecule has 17 heavy (non-hydrogen) atoms. The molecule has 1 N–H and O–H groups in total. The van der Waals surface area contributed by atoms with E-state index in [-0.39, 0.29) is 5.82 Å². The Balaban J connectivity index is 2.20. The number of hydrogen-bond donors (Lipinski definition) is 1. The summed E-state index contributed by atoms with van der Waals surface area (Å²) in [7, 11) is 0. The first-order valence-corrected chi connectivity index (χ1v) is 6.44. The first-order chi connectivity index (χ1) is 8.18. The van der Waals surface area contributed by atoms with E-state index >= 15 is 0 Å². The molecule has 1 aromatic carbocycles. The zero-order chi connectivity index (χ0) is 12.3. The molecule has 0 atom stereocenters. The van der Waals surface area contributed by atoms with Gasteiger partial charge < -0.3 is 10.2 Å². The molecule has 94 valence electrons. The van der Waals surface area contributed by atoms with Gasteiger partial charge in [-0.15, -0.1) is 0 Å². The van der Waals surface area contributed by atoms with Crippen molar-refractivity contribution in [3.8, 4) is 0 Å². The van der Waals surface area contributed by atoms with Crippen molar-refractivity contribution in [2.24, 2.45) is 0 Å². The fraction of sp³-hybridized carbons (Fsp3) is 0.571. The second kappa shape index (κ2) is 5.50. The molecule has 1 saturated heterocycles. The third kappa shape index (κ3) is 2.97. The fourth-order valence-electron chi connectivity index (χ4n) is 2.28. The van der Waals surface area contributed by atoms with Crippen LogP contribution in [0.25, 0.3) is 0 Å². The van der Waals surface area contributed by atoms with Crippen molar-refractivity contribution in [1.29, 1.82) is 0 Å². The average molecular weight is 236 g/mol. The summed E-state index contributed by atoms with van der Waals surface area (Å²) < 4.78 is 13.9. The molecule has 1 heterocycles. The molecule has 3 heteroatoms. The van der Waals surface area contributed by atoms with Crippen LogP contribution in [-0.2, 0) is 6.54 Å². The lowest BCUT2D eigenvalue weighted by Gasteiger charge is -2.22. The maximum atomic E-state index is 13.9. The monoisotopic (exact) mass is 236 g/mol. The molecule has 1 aliphatic rings. The van der Waals surface area contributed by atoms with Gasteiger partial charge in [0.15, 0.2) is 0 Å². The zero-order valence-corrected chi connectivity index (χ0v) is 10.7. The van der Waals surface area contributed by atoms with Crippen molar-refractivity contribution in [1.82, 2.24) is 5.32 Å². The molecule has 2 rings (SSSR count). The van der Waals surface area contributed by atoms with Crippen LogP contribution in [0.2, 0.25) is 0 Å². The lowest BCUT2D eigenvalue weighted by atomic mass is 10.1. The highest BCUT2D eigenvalue weighted by atomic mass is 19.1. The summed E-state index contributed by atoms with van der Waals surface area (Å²) in [5, 5.41) is 3.30. The van der Waals surface area contributed by atoms with Crippen molar-refractivity contribution in [3.63, 3.8) is 0 Å². The third-order valence-electron chi connectivity index (χ3n) is 3.23. The zero-order valence-electron chi connectivity index (χ0n) is 10.7. The van der Waals surface area contributed by atoms with Crippen LogP contribution in [0, 0.1) is 5.82 Å². The van der Waals surface area contributed by atoms with Crippen LogP contribution in [0.4, 0.5) is 10.1 Å². The summed E-state index contributed by atoms with van der Waals surface area (Å²) in [4.78, 5) is 2.29. The van der Waals surface area contributed by atoms with Crippen molar-refractivity contribution >= 4 is 5.69 Å². The largest absolute Gasteiger partial charge is 0.371 e. The van der Waals surface area contributed by atoms with Gasteiger partial charge in [-0.1, -0.05) is 19.9 Å². The molecule has 1 aromatic rings. The number of benzene rings is 1. The second-order valence-electron chi connectivity index (χ2n) is 4.97. The van der Waals surface area contributed by atoms with E-state index in [2.05, 4.69) is 24.1 Å². The Morgan fingerprint density at radius 1 is 1.29 bits per heavy atom. The van der Waals surface area contributed by atoms with E-state index in [4.69, 9.17) is 0 Å². The summed E-state index contributed by atoms with van der Waals surface area (Å²) in [5.41, 5.74) is 1.87. The van der Waals surface area contributed by atoms with Crippen LogP contribution < -0.4 is 10.2 Å². The summed E-state index contributed by atoms with van der Waals surface area (Å²) >= 11 is 0. The average Bonchev–Trinajstić information content (AvgIpc) is 2.80. The maximum absolute atomic E-state index is 13.9. The summed E-state index contributed by atoms with van der Waals surface area (Å²) in [6, 6.07) is 5.77. The lowest BCUT2D eigenvalue weighted by Crippen LogP contribution is -2.26. The number of rotatable bonds is 4. The molecule has 0 bridgehead atoms. The Kier molecular flexibility index (Phi) is 4.00. The molecule has 1 aliphatic heterocycles. The molecule has 0 amide bonds. The molecule has 0 spiro atoms. The van der Waals surface area contributed by atoms with Crippen LogP contribution in [0.15, 0.2) is 18.2 Å².